The summed E-state index contributed by atoms with van der Waals surface area (Å²) in [6, 6.07) is 19.5. The normalized spacial score (nSPS) is 10.2. The highest BCUT2D eigenvalue weighted by Crippen LogP contribution is 2.11. The fourth-order valence-corrected chi connectivity index (χ4v) is 2.38. The first-order valence-corrected chi connectivity index (χ1v) is 8.23. The fraction of sp³-hybridized carbons (Fsp3) is 0.150. The number of carbonyl (C=O) groups excluding carboxylic acids is 1. The molecule has 0 spiro atoms. The maximum Gasteiger partial charge on any atom is 0.224 e. The Morgan fingerprint density at radius 3 is 2.48 bits per heavy atom. The summed E-state index contributed by atoms with van der Waals surface area (Å²) in [7, 11) is 0. The van der Waals surface area contributed by atoms with Crippen LogP contribution in [0.2, 0.25) is 0 Å². The van der Waals surface area contributed by atoms with E-state index in [4.69, 9.17) is 0 Å². The lowest BCUT2D eigenvalue weighted by molar-refractivity contribution is -0.116. The molecule has 5 nitrogen and oxygen atoms in total. The smallest absolute Gasteiger partial charge is 0.224 e. The van der Waals surface area contributed by atoms with Crippen LogP contribution < -0.4 is 10.6 Å². The van der Waals surface area contributed by atoms with E-state index in [1.54, 1.807) is 12.4 Å². The second-order valence-corrected chi connectivity index (χ2v) is 5.64. The molecule has 0 radical (unpaired) electrons. The number of hydrogen-bond donors (Lipinski definition) is 2. The summed E-state index contributed by atoms with van der Waals surface area (Å²) in [6.07, 6.45) is 4.59. The third kappa shape index (κ3) is 5.42. The highest BCUT2D eigenvalue weighted by molar-refractivity contribution is 5.90. The SMILES string of the molecule is O=C(CCc1ccccc1)Nc1ccc(NCc2ccccn2)nc1. The summed E-state index contributed by atoms with van der Waals surface area (Å²) in [5, 5.41) is 6.07. The van der Waals surface area contributed by atoms with Crippen LogP contribution in [0, 0.1) is 0 Å². The Hall–Kier alpha value is -3.21. The molecule has 0 fully saturated rings. The molecule has 2 heterocycles. The summed E-state index contributed by atoms with van der Waals surface area (Å²) in [5.74, 6) is 0.729. The van der Waals surface area contributed by atoms with Gasteiger partial charge < -0.3 is 10.6 Å². The molecule has 2 N–H and O–H groups in total. The van der Waals surface area contributed by atoms with Crippen LogP contribution in [0.1, 0.15) is 17.7 Å². The lowest BCUT2D eigenvalue weighted by Gasteiger charge is -2.08. The third-order valence-corrected chi connectivity index (χ3v) is 3.71. The zero-order valence-corrected chi connectivity index (χ0v) is 13.9. The number of aryl methyl sites for hydroxylation is 1. The van der Waals surface area contributed by atoms with Crippen molar-refractivity contribution in [2.75, 3.05) is 10.6 Å². The first-order valence-electron chi connectivity index (χ1n) is 8.23. The van der Waals surface area contributed by atoms with E-state index in [0.717, 1.165) is 23.5 Å². The van der Waals surface area contributed by atoms with E-state index in [1.807, 2.05) is 60.7 Å². The zero-order valence-electron chi connectivity index (χ0n) is 13.9. The predicted molar refractivity (Wildman–Crippen MR) is 99.2 cm³/mol. The van der Waals surface area contributed by atoms with Crippen LogP contribution in [0.4, 0.5) is 11.5 Å². The minimum absolute atomic E-state index is 0.0140. The van der Waals surface area contributed by atoms with Crippen molar-refractivity contribution in [2.45, 2.75) is 19.4 Å². The van der Waals surface area contributed by atoms with Gasteiger partial charge in [0, 0.05) is 12.6 Å². The molecule has 126 valence electrons. The predicted octanol–water partition coefficient (Wildman–Crippen LogP) is 3.66. The summed E-state index contributed by atoms with van der Waals surface area (Å²) < 4.78 is 0. The molecule has 5 heteroatoms. The Balaban J connectivity index is 1.46. The number of nitrogens with one attached hydrogen (secondary N) is 2. The Kier molecular flexibility index (Phi) is 5.72. The van der Waals surface area contributed by atoms with Gasteiger partial charge in [0.05, 0.1) is 24.1 Å². The zero-order chi connectivity index (χ0) is 17.3. The average Bonchev–Trinajstić information content (AvgIpc) is 2.67. The molecule has 0 aliphatic carbocycles. The van der Waals surface area contributed by atoms with E-state index < -0.39 is 0 Å². The Morgan fingerprint density at radius 2 is 1.76 bits per heavy atom. The van der Waals surface area contributed by atoms with E-state index >= 15 is 0 Å². The van der Waals surface area contributed by atoms with Crippen LogP contribution in [0.15, 0.2) is 73.1 Å². The number of nitrogens with zero attached hydrogens (tertiary/aromatic N) is 2. The molecule has 1 aromatic carbocycles. The highest BCUT2D eigenvalue weighted by Gasteiger charge is 2.04. The van der Waals surface area contributed by atoms with Gasteiger partial charge in [0.1, 0.15) is 5.82 Å². The number of pyridine rings is 2. The Morgan fingerprint density at radius 1 is 0.920 bits per heavy atom. The second kappa shape index (κ2) is 8.59. The van der Waals surface area contributed by atoms with Gasteiger partial charge in [-0.1, -0.05) is 36.4 Å². The molecule has 25 heavy (non-hydrogen) atoms. The van der Waals surface area contributed by atoms with E-state index in [1.165, 1.54) is 0 Å². The van der Waals surface area contributed by atoms with Crippen molar-refractivity contribution in [3.05, 3.63) is 84.3 Å². The van der Waals surface area contributed by atoms with Gasteiger partial charge in [0.15, 0.2) is 0 Å². The largest absolute Gasteiger partial charge is 0.364 e. The van der Waals surface area contributed by atoms with Gasteiger partial charge in [-0.25, -0.2) is 4.98 Å². The first-order chi connectivity index (χ1) is 12.3. The number of benzene rings is 1. The number of carbonyl (C=O) groups is 1. The number of hydrogen-bond acceptors (Lipinski definition) is 4. The fourth-order valence-electron chi connectivity index (χ4n) is 2.38. The summed E-state index contributed by atoms with van der Waals surface area (Å²) in [4.78, 5) is 20.6. The third-order valence-electron chi connectivity index (χ3n) is 3.71. The van der Waals surface area contributed by atoms with E-state index in [-0.39, 0.29) is 5.91 Å². The van der Waals surface area contributed by atoms with Crippen LogP contribution in [-0.2, 0) is 17.8 Å². The molecule has 3 aromatic rings. The van der Waals surface area contributed by atoms with Gasteiger partial charge in [-0.05, 0) is 36.2 Å². The molecule has 1 amide bonds. The quantitative estimate of drug-likeness (QED) is 0.693. The topological polar surface area (TPSA) is 66.9 Å². The summed E-state index contributed by atoms with van der Waals surface area (Å²) in [5.41, 5.74) is 2.80. The van der Waals surface area contributed by atoms with Gasteiger partial charge in [-0.15, -0.1) is 0 Å². The van der Waals surface area contributed by atoms with Crippen molar-refractivity contribution in [3.8, 4) is 0 Å². The minimum Gasteiger partial charge on any atom is -0.364 e. The molecule has 3 rings (SSSR count). The lowest BCUT2D eigenvalue weighted by atomic mass is 10.1. The molecule has 0 saturated carbocycles. The summed E-state index contributed by atoms with van der Waals surface area (Å²) in [6.45, 7) is 0.608. The first kappa shape index (κ1) is 16.6. The van der Waals surface area contributed by atoms with Crippen molar-refractivity contribution in [1.82, 2.24) is 9.97 Å². The number of anilines is 2. The Bertz CT molecular complexity index is 789. The van der Waals surface area contributed by atoms with Crippen molar-refractivity contribution >= 4 is 17.4 Å². The molecule has 0 aliphatic rings. The number of amides is 1. The molecular formula is C20H20N4O. The van der Waals surface area contributed by atoms with Crippen molar-refractivity contribution in [1.29, 1.82) is 0 Å². The highest BCUT2D eigenvalue weighted by atomic mass is 16.1. The van der Waals surface area contributed by atoms with Crippen LogP contribution in [-0.4, -0.2) is 15.9 Å². The van der Waals surface area contributed by atoms with Gasteiger partial charge >= 0.3 is 0 Å². The maximum atomic E-state index is 12.0. The van der Waals surface area contributed by atoms with Crippen LogP contribution in [0.5, 0.6) is 0 Å². The van der Waals surface area contributed by atoms with Gasteiger partial charge in [-0.3, -0.25) is 9.78 Å². The van der Waals surface area contributed by atoms with Crippen LogP contribution in [0.25, 0.3) is 0 Å². The molecule has 0 atom stereocenters. The van der Waals surface area contributed by atoms with E-state index in [9.17, 15) is 4.79 Å². The lowest BCUT2D eigenvalue weighted by Crippen LogP contribution is -2.12. The molecule has 0 aliphatic heterocycles. The summed E-state index contributed by atoms with van der Waals surface area (Å²) >= 11 is 0. The average molecular weight is 332 g/mol. The number of rotatable bonds is 7. The molecule has 0 unspecified atom stereocenters. The van der Waals surface area contributed by atoms with E-state index in [2.05, 4.69) is 20.6 Å². The molecule has 0 bridgehead atoms. The Labute approximate surface area is 147 Å². The van der Waals surface area contributed by atoms with Gasteiger partial charge in [0.2, 0.25) is 5.91 Å². The molecule has 2 aromatic heterocycles. The number of aromatic nitrogens is 2. The maximum absolute atomic E-state index is 12.0. The van der Waals surface area contributed by atoms with Crippen LogP contribution in [0.3, 0.4) is 0 Å². The van der Waals surface area contributed by atoms with Gasteiger partial charge in [-0.2, -0.15) is 0 Å². The van der Waals surface area contributed by atoms with Crippen molar-refractivity contribution in [3.63, 3.8) is 0 Å². The van der Waals surface area contributed by atoms with Crippen molar-refractivity contribution in [2.24, 2.45) is 0 Å². The molecular weight excluding hydrogens is 312 g/mol. The van der Waals surface area contributed by atoms with Gasteiger partial charge in [0.25, 0.3) is 0 Å². The minimum atomic E-state index is -0.0140. The van der Waals surface area contributed by atoms with Crippen LogP contribution >= 0.6 is 0 Å². The molecule has 0 saturated heterocycles. The van der Waals surface area contributed by atoms with Crippen molar-refractivity contribution < 1.29 is 4.79 Å². The standard InChI is InChI=1S/C20H20N4O/c25-20(12-9-16-6-2-1-3-7-16)24-18-10-11-19(23-15-18)22-14-17-8-4-5-13-21-17/h1-8,10-11,13,15H,9,12,14H2,(H,22,23)(H,24,25). The van der Waals surface area contributed by atoms with E-state index in [0.29, 0.717) is 18.7 Å². The second-order valence-electron chi connectivity index (χ2n) is 5.64. The monoisotopic (exact) mass is 332 g/mol.